The first-order valence-electron chi connectivity index (χ1n) is 12.2. The summed E-state index contributed by atoms with van der Waals surface area (Å²) >= 11 is 0. The van der Waals surface area contributed by atoms with Gasteiger partial charge in [-0.05, 0) is 57.1 Å². The average Bonchev–Trinajstić information content (AvgIpc) is 3.28. The number of nitrogens with one attached hydrogen (secondary N) is 1. The van der Waals surface area contributed by atoms with Crippen LogP contribution in [0.5, 0.6) is 5.75 Å². The first kappa shape index (κ1) is 22.3. The number of fused-ring (bicyclic) bond motifs is 1. The predicted octanol–water partition coefficient (Wildman–Crippen LogP) is 2.36. The lowest BCUT2D eigenvalue weighted by molar-refractivity contribution is -0.124. The molecule has 0 bridgehead atoms. The number of aliphatic hydroxyl groups is 1. The van der Waals surface area contributed by atoms with Crippen LogP contribution >= 0.6 is 0 Å². The molecule has 7 nitrogen and oxygen atoms in total. The number of rotatable bonds is 8. The van der Waals surface area contributed by atoms with Crippen LogP contribution in [0.4, 0.5) is 5.82 Å². The van der Waals surface area contributed by atoms with Gasteiger partial charge in [0.15, 0.2) is 11.6 Å². The van der Waals surface area contributed by atoms with Crippen molar-refractivity contribution in [3.05, 3.63) is 17.8 Å². The lowest BCUT2D eigenvalue weighted by Crippen LogP contribution is -2.47. The van der Waals surface area contributed by atoms with E-state index in [1.165, 1.54) is 24.8 Å². The number of carbonyl (C=O) groups is 1. The number of amides is 1. The van der Waals surface area contributed by atoms with E-state index >= 15 is 0 Å². The number of carbonyl (C=O) groups excluding carboxylic acids is 1. The normalized spacial score (nSPS) is 25.0. The Morgan fingerprint density at radius 1 is 1.26 bits per heavy atom. The molecule has 0 spiro atoms. The van der Waals surface area contributed by atoms with Crippen LogP contribution in [0.25, 0.3) is 0 Å². The van der Waals surface area contributed by atoms with Gasteiger partial charge in [-0.2, -0.15) is 0 Å². The first-order valence-corrected chi connectivity index (χ1v) is 12.2. The predicted molar refractivity (Wildman–Crippen MR) is 122 cm³/mol. The number of piperazine rings is 1. The molecule has 1 atom stereocenters. The molecule has 0 aromatic carbocycles. The maximum atomic E-state index is 12.0. The second-order valence-electron chi connectivity index (χ2n) is 9.39. The van der Waals surface area contributed by atoms with Gasteiger partial charge in [-0.1, -0.05) is 6.92 Å². The van der Waals surface area contributed by atoms with Crippen molar-refractivity contribution in [3.8, 4) is 5.75 Å². The Kier molecular flexibility index (Phi) is 7.67. The van der Waals surface area contributed by atoms with Gasteiger partial charge in [-0.25, -0.2) is 4.98 Å². The molecule has 172 valence electrons. The molecule has 3 heterocycles. The van der Waals surface area contributed by atoms with Crippen LogP contribution in [0.15, 0.2) is 12.3 Å². The van der Waals surface area contributed by atoms with E-state index in [0.717, 1.165) is 76.1 Å². The molecule has 4 rings (SSSR count). The van der Waals surface area contributed by atoms with E-state index in [-0.39, 0.29) is 12.3 Å². The molecular formula is C24H38N4O3. The summed E-state index contributed by atoms with van der Waals surface area (Å²) in [4.78, 5) is 21.6. The lowest BCUT2D eigenvalue weighted by Gasteiger charge is -2.37. The minimum Gasteiger partial charge on any atom is -0.489 e. The van der Waals surface area contributed by atoms with E-state index in [1.807, 2.05) is 13.1 Å². The van der Waals surface area contributed by atoms with E-state index in [0.29, 0.717) is 12.5 Å². The van der Waals surface area contributed by atoms with Crippen LogP contribution < -0.4 is 15.0 Å². The molecule has 2 N–H and O–H groups in total. The topological polar surface area (TPSA) is 77.9 Å². The van der Waals surface area contributed by atoms with Gasteiger partial charge >= 0.3 is 0 Å². The van der Waals surface area contributed by atoms with Gasteiger partial charge in [-0.15, -0.1) is 0 Å². The number of aromatic nitrogens is 1. The minimum absolute atomic E-state index is 0.000352. The third kappa shape index (κ3) is 5.89. The summed E-state index contributed by atoms with van der Waals surface area (Å²) < 4.78 is 5.84. The summed E-state index contributed by atoms with van der Waals surface area (Å²) in [6, 6.07) is 2.37. The largest absolute Gasteiger partial charge is 0.489 e. The zero-order valence-corrected chi connectivity index (χ0v) is 18.9. The third-order valence-electron chi connectivity index (χ3n) is 7.21. The molecule has 1 aromatic rings. The molecule has 1 aromatic heterocycles. The van der Waals surface area contributed by atoms with Gasteiger partial charge in [0.25, 0.3) is 0 Å². The highest BCUT2D eigenvalue weighted by Gasteiger charge is 2.26. The molecule has 3 aliphatic rings. The Bertz CT molecular complexity index is 728. The van der Waals surface area contributed by atoms with Gasteiger partial charge in [0.05, 0.1) is 19.1 Å². The minimum atomic E-state index is -0.511. The maximum absolute atomic E-state index is 12.0. The standard InChI is InChI=1S/C24H38N4O3/c1-2-21(29)17-22(30)26-20-5-3-18(4-6-20)8-11-27-12-14-28(15-13-27)24-23-19(7-10-25-24)9-16-31-23/h7,10,18,20-21,29H,2-6,8-9,11-17H2,1H3,(H,26,30)/t18-,20-,21-/m1/s1. The Balaban J connectivity index is 1.14. The van der Waals surface area contributed by atoms with Crippen LogP contribution in [0.2, 0.25) is 0 Å². The van der Waals surface area contributed by atoms with Gasteiger partial charge in [-0.3, -0.25) is 9.69 Å². The second-order valence-corrected chi connectivity index (χ2v) is 9.39. The highest BCUT2D eigenvalue weighted by atomic mass is 16.5. The van der Waals surface area contributed by atoms with Crippen molar-refractivity contribution in [1.82, 2.24) is 15.2 Å². The van der Waals surface area contributed by atoms with E-state index < -0.39 is 6.10 Å². The average molecular weight is 431 g/mol. The van der Waals surface area contributed by atoms with Crippen molar-refractivity contribution in [2.24, 2.45) is 5.92 Å². The van der Waals surface area contributed by atoms with Crippen LogP contribution in [0.3, 0.4) is 0 Å². The Labute approximate surface area is 186 Å². The van der Waals surface area contributed by atoms with Crippen LogP contribution in [0.1, 0.15) is 57.4 Å². The van der Waals surface area contributed by atoms with Crippen molar-refractivity contribution in [3.63, 3.8) is 0 Å². The van der Waals surface area contributed by atoms with Crippen LogP contribution in [-0.2, 0) is 11.2 Å². The summed E-state index contributed by atoms with van der Waals surface area (Å²) in [5.74, 6) is 2.80. The van der Waals surface area contributed by atoms with Crippen molar-refractivity contribution in [2.45, 2.75) is 70.4 Å². The monoisotopic (exact) mass is 430 g/mol. The Morgan fingerprint density at radius 3 is 2.77 bits per heavy atom. The molecule has 1 aliphatic carbocycles. The van der Waals surface area contributed by atoms with Gasteiger partial charge in [0.1, 0.15) is 0 Å². The zero-order chi connectivity index (χ0) is 21.6. The number of ether oxygens (including phenoxy) is 1. The number of anilines is 1. The van der Waals surface area contributed by atoms with Gasteiger partial charge in [0, 0.05) is 50.4 Å². The number of nitrogens with zero attached hydrogens (tertiary/aromatic N) is 3. The molecule has 1 saturated heterocycles. The molecular weight excluding hydrogens is 392 g/mol. The van der Waals surface area contributed by atoms with Gasteiger partial charge < -0.3 is 20.1 Å². The van der Waals surface area contributed by atoms with Crippen molar-refractivity contribution in [2.75, 3.05) is 44.2 Å². The lowest BCUT2D eigenvalue weighted by atomic mass is 9.84. The number of hydrogen-bond acceptors (Lipinski definition) is 6. The summed E-state index contributed by atoms with van der Waals surface area (Å²) in [6.07, 6.45) is 9.03. The molecule has 0 radical (unpaired) electrons. The molecule has 2 aliphatic heterocycles. The van der Waals surface area contributed by atoms with Crippen LogP contribution in [0, 0.1) is 5.92 Å². The molecule has 1 amide bonds. The summed E-state index contributed by atoms with van der Waals surface area (Å²) in [7, 11) is 0. The van der Waals surface area contributed by atoms with Crippen molar-refractivity contribution in [1.29, 1.82) is 0 Å². The zero-order valence-electron chi connectivity index (χ0n) is 18.9. The summed E-state index contributed by atoms with van der Waals surface area (Å²) in [6.45, 7) is 8.02. The van der Waals surface area contributed by atoms with Crippen molar-refractivity contribution < 1.29 is 14.6 Å². The van der Waals surface area contributed by atoms with Crippen LogP contribution in [-0.4, -0.2) is 72.4 Å². The molecule has 7 heteroatoms. The Morgan fingerprint density at radius 2 is 2.03 bits per heavy atom. The molecule has 31 heavy (non-hydrogen) atoms. The fraction of sp³-hybridized carbons (Fsp3) is 0.750. The second kappa shape index (κ2) is 10.6. The number of pyridine rings is 1. The first-order chi connectivity index (χ1) is 15.1. The van der Waals surface area contributed by atoms with E-state index in [1.54, 1.807) is 0 Å². The highest BCUT2D eigenvalue weighted by molar-refractivity contribution is 5.76. The third-order valence-corrected chi connectivity index (χ3v) is 7.21. The molecule has 0 unspecified atom stereocenters. The SMILES string of the molecule is CC[C@@H](O)CC(=O)N[C@H]1CC[C@H](CCN2CCN(c3nccc4c3OCC4)CC2)CC1. The quantitative estimate of drug-likeness (QED) is 0.659. The number of aliphatic hydroxyl groups excluding tert-OH is 1. The Hall–Kier alpha value is -1.86. The number of hydrogen-bond donors (Lipinski definition) is 2. The highest BCUT2D eigenvalue weighted by Crippen LogP contribution is 2.34. The van der Waals surface area contributed by atoms with E-state index in [4.69, 9.17) is 4.74 Å². The fourth-order valence-corrected chi connectivity index (χ4v) is 5.11. The smallest absolute Gasteiger partial charge is 0.222 e. The van der Waals surface area contributed by atoms with E-state index in [2.05, 4.69) is 26.2 Å². The summed E-state index contributed by atoms with van der Waals surface area (Å²) in [5, 5.41) is 12.8. The molecule has 2 fully saturated rings. The fourth-order valence-electron chi connectivity index (χ4n) is 5.11. The maximum Gasteiger partial charge on any atom is 0.222 e. The summed E-state index contributed by atoms with van der Waals surface area (Å²) in [5.41, 5.74) is 1.29. The van der Waals surface area contributed by atoms with Crippen molar-refractivity contribution >= 4 is 11.7 Å². The molecule has 1 saturated carbocycles. The van der Waals surface area contributed by atoms with Gasteiger partial charge in [0.2, 0.25) is 5.91 Å². The van der Waals surface area contributed by atoms with E-state index in [9.17, 15) is 9.90 Å².